The van der Waals surface area contributed by atoms with E-state index in [-0.39, 0.29) is 37.5 Å². The molecule has 1 aliphatic rings. The summed E-state index contributed by atoms with van der Waals surface area (Å²) in [6, 6.07) is 19.1. The fourth-order valence-electron chi connectivity index (χ4n) is 5.66. The second-order valence-corrected chi connectivity index (χ2v) is 13.4. The van der Waals surface area contributed by atoms with E-state index in [4.69, 9.17) is 20.3 Å². The molecular formula is C35H39N8O10P. The number of aromatic nitrogens is 2. The largest absolute Gasteiger partial charge is 0.524 e. The normalized spacial score (nSPS) is 15.3. The number of carbonyl (C=O) groups excluding carboxylic acids is 3. The van der Waals surface area contributed by atoms with Gasteiger partial charge in [0.25, 0.3) is 0 Å². The topological polar surface area (TPSA) is 269 Å². The minimum absolute atomic E-state index is 0.0122. The minimum atomic E-state index is -4.80. The van der Waals surface area contributed by atoms with E-state index in [1.807, 2.05) is 0 Å². The third-order valence-corrected chi connectivity index (χ3v) is 8.64. The molecule has 1 aliphatic heterocycles. The first-order valence-corrected chi connectivity index (χ1v) is 18.0. The van der Waals surface area contributed by atoms with Crippen molar-refractivity contribution in [3.05, 3.63) is 114 Å². The number of imidazole rings is 1. The van der Waals surface area contributed by atoms with E-state index in [0.717, 1.165) is 5.56 Å². The van der Waals surface area contributed by atoms with Crippen molar-refractivity contribution >= 4 is 43.3 Å². The Kier molecular flexibility index (Phi) is 12.8. The monoisotopic (exact) mass is 762 g/mol. The molecule has 18 nitrogen and oxygen atoms in total. The van der Waals surface area contributed by atoms with Gasteiger partial charge in [0.15, 0.2) is 12.2 Å². The Hall–Kier alpha value is -6.07. The molecule has 0 saturated carbocycles. The minimum Gasteiger partial charge on any atom is -0.480 e. The maximum absolute atomic E-state index is 14.0. The van der Waals surface area contributed by atoms with Gasteiger partial charge in [0.1, 0.15) is 41.9 Å². The number of carbonyl (C=O) groups is 4. The van der Waals surface area contributed by atoms with Gasteiger partial charge in [0, 0.05) is 26.4 Å². The summed E-state index contributed by atoms with van der Waals surface area (Å²) in [6.07, 6.45) is 0.482. The van der Waals surface area contributed by atoms with Gasteiger partial charge in [0.05, 0.1) is 6.33 Å². The van der Waals surface area contributed by atoms with Gasteiger partial charge in [-0.3, -0.25) is 24.2 Å². The Morgan fingerprint density at radius 2 is 1.35 bits per heavy atom. The number of carboxylic acids is 1. The molecule has 3 amide bonds. The number of phosphoric acid groups is 1. The number of anilines is 1. The quantitative estimate of drug-likeness (QED) is 0.0699. The molecule has 1 aromatic heterocycles. The van der Waals surface area contributed by atoms with Crippen LogP contribution in [0.3, 0.4) is 0 Å². The van der Waals surface area contributed by atoms with E-state index in [1.165, 1.54) is 42.3 Å². The first-order chi connectivity index (χ1) is 25.8. The molecule has 0 aliphatic carbocycles. The van der Waals surface area contributed by atoms with E-state index in [1.54, 1.807) is 60.7 Å². The van der Waals surface area contributed by atoms with Crippen molar-refractivity contribution in [2.45, 2.75) is 50.2 Å². The molecule has 9 N–H and O–H groups in total. The lowest BCUT2D eigenvalue weighted by Crippen LogP contribution is -2.57. The number of fused-ring (bicyclic) bond motifs is 1. The summed E-state index contributed by atoms with van der Waals surface area (Å²) in [6.45, 7) is -0.266. The Labute approximate surface area is 309 Å². The van der Waals surface area contributed by atoms with Crippen molar-refractivity contribution < 1.29 is 47.9 Å². The van der Waals surface area contributed by atoms with Crippen molar-refractivity contribution in [1.29, 1.82) is 0 Å². The Balaban J connectivity index is 1.34. The van der Waals surface area contributed by atoms with Gasteiger partial charge >= 0.3 is 13.8 Å². The second kappa shape index (κ2) is 17.6. The van der Waals surface area contributed by atoms with E-state index in [9.17, 15) is 28.8 Å². The molecule has 0 spiro atoms. The van der Waals surface area contributed by atoms with Gasteiger partial charge in [-0.25, -0.2) is 19.3 Å². The van der Waals surface area contributed by atoms with Crippen LogP contribution in [0.25, 0.3) is 0 Å². The molecule has 54 heavy (non-hydrogen) atoms. The number of phosphoric ester groups is 1. The first kappa shape index (κ1) is 39.1. The summed E-state index contributed by atoms with van der Waals surface area (Å²) >= 11 is 0. The highest BCUT2D eigenvalue weighted by molar-refractivity contribution is 7.46. The number of carboxylic acid groups (broad SMARTS) is 1. The highest BCUT2D eigenvalue weighted by atomic mass is 31.2. The average molecular weight is 763 g/mol. The van der Waals surface area contributed by atoms with Gasteiger partial charge in [-0.05, 0) is 28.8 Å². The van der Waals surface area contributed by atoms with Crippen molar-refractivity contribution in [3.63, 3.8) is 0 Å². The van der Waals surface area contributed by atoms with Crippen LogP contribution in [0.1, 0.15) is 28.6 Å². The number of methoxy groups -OCH3 is 1. The molecule has 0 radical (unpaired) electrons. The van der Waals surface area contributed by atoms with Crippen LogP contribution < -0.4 is 31.5 Å². The lowest BCUT2D eigenvalue weighted by atomic mass is 10.0. The molecule has 4 aromatic rings. The zero-order valence-electron chi connectivity index (χ0n) is 28.9. The first-order valence-electron chi connectivity index (χ1n) is 16.5. The van der Waals surface area contributed by atoms with Gasteiger partial charge in [-0.1, -0.05) is 72.8 Å². The zero-order chi connectivity index (χ0) is 38.8. The predicted octanol–water partition coefficient (Wildman–Crippen LogP) is 1.01. The van der Waals surface area contributed by atoms with Crippen molar-refractivity contribution in [3.8, 4) is 5.75 Å². The Bertz CT molecular complexity index is 2020. The average Bonchev–Trinajstić information content (AvgIpc) is 3.53. The van der Waals surface area contributed by atoms with E-state index >= 15 is 0 Å². The molecule has 4 atom stereocenters. The molecule has 0 bridgehead atoms. The van der Waals surface area contributed by atoms with Crippen LogP contribution in [0.2, 0.25) is 0 Å². The molecular weight excluding hydrogens is 723 g/mol. The summed E-state index contributed by atoms with van der Waals surface area (Å²) in [4.78, 5) is 80.1. The number of nitrogens with two attached hydrogens (primary N) is 1. The smallest absolute Gasteiger partial charge is 0.480 e. The van der Waals surface area contributed by atoms with Crippen LogP contribution in [-0.4, -0.2) is 79.3 Å². The summed E-state index contributed by atoms with van der Waals surface area (Å²) in [5.41, 5.74) is 8.11. The molecule has 2 heterocycles. The summed E-state index contributed by atoms with van der Waals surface area (Å²) in [5.74, 6) is -3.09. The lowest BCUT2D eigenvalue weighted by Gasteiger charge is -2.25. The van der Waals surface area contributed by atoms with E-state index < -0.39 is 55.9 Å². The number of hydrogen-bond acceptors (Lipinski definition) is 11. The van der Waals surface area contributed by atoms with Crippen molar-refractivity contribution in [1.82, 2.24) is 25.5 Å². The van der Waals surface area contributed by atoms with E-state index in [2.05, 4.69) is 35.8 Å². The molecule has 4 unspecified atom stereocenters. The third kappa shape index (κ3) is 11.0. The van der Waals surface area contributed by atoms with Crippen molar-refractivity contribution in [2.24, 2.45) is 10.7 Å². The van der Waals surface area contributed by atoms with Crippen LogP contribution in [0.15, 0.2) is 96.2 Å². The summed E-state index contributed by atoms with van der Waals surface area (Å²) in [5, 5.41) is 20.9. The molecule has 0 fully saturated rings. The number of rotatable bonds is 17. The molecule has 5 rings (SSSR count). The molecule has 3 aromatic carbocycles. The second-order valence-electron chi connectivity index (χ2n) is 12.2. The predicted molar refractivity (Wildman–Crippen MR) is 194 cm³/mol. The maximum Gasteiger partial charge on any atom is 0.524 e. The van der Waals surface area contributed by atoms with Gasteiger partial charge in [-0.2, -0.15) is 0 Å². The number of guanidine groups is 1. The van der Waals surface area contributed by atoms with Gasteiger partial charge in [-0.15, -0.1) is 0 Å². The van der Waals surface area contributed by atoms with Crippen LogP contribution in [0, 0.1) is 0 Å². The maximum atomic E-state index is 14.0. The molecule has 19 heteroatoms. The number of amides is 3. The van der Waals surface area contributed by atoms with Gasteiger partial charge < -0.3 is 45.9 Å². The lowest BCUT2D eigenvalue weighted by molar-refractivity contribution is -0.142. The standard InChI is InChI=1S/C35H39N8O10P/c1-52-33-29-30(41-35(36)42-33)43(20-37-29)19-28(44)38-25(16-21-8-4-2-5-9-21)31(45)39-26(17-22-10-6-3-7-11-22)32(46)40-27(34(47)48)18-23-12-14-24(15-13-23)53-54(49,50)51/h2-15,20,25-27,33H,16-19H2,1H3,(H,38,44)(H,39,45)(H,40,46)(H,47,48)(H3,36,41,42)(H2,49,50,51). The number of ether oxygens (including phenoxy) is 1. The number of nitrogens with one attached hydrogen (secondary N) is 4. The van der Waals surface area contributed by atoms with Crippen LogP contribution in [0.4, 0.5) is 5.82 Å². The summed E-state index contributed by atoms with van der Waals surface area (Å²) < 4.78 is 22.5. The fourth-order valence-corrected chi connectivity index (χ4v) is 6.05. The van der Waals surface area contributed by atoms with Crippen molar-refractivity contribution in [2.75, 3.05) is 12.4 Å². The zero-order valence-corrected chi connectivity index (χ0v) is 29.8. The van der Waals surface area contributed by atoms with Crippen LogP contribution in [-0.2, 0) is 54.3 Å². The molecule has 0 saturated heterocycles. The van der Waals surface area contributed by atoms with Crippen LogP contribution >= 0.6 is 7.82 Å². The SMILES string of the molecule is COC1N=C(N)Nc2c1ncn2CC(=O)NC(Cc1ccccc1)C(=O)NC(Cc1ccccc1)C(=O)NC(Cc1ccc(OP(=O)(O)O)cc1)C(=O)O. The summed E-state index contributed by atoms with van der Waals surface area (Å²) in [7, 11) is -3.36. The molecule has 284 valence electrons. The number of aliphatic imine (C=N–C) groups is 1. The number of hydrogen-bond donors (Lipinski definition) is 8. The van der Waals surface area contributed by atoms with Crippen LogP contribution in [0.5, 0.6) is 5.75 Å². The number of benzene rings is 3. The number of aliphatic carboxylic acids is 1. The highest BCUT2D eigenvalue weighted by Crippen LogP contribution is 2.37. The Morgan fingerprint density at radius 3 is 1.89 bits per heavy atom. The highest BCUT2D eigenvalue weighted by Gasteiger charge is 2.31. The van der Waals surface area contributed by atoms with Gasteiger partial charge in [0.2, 0.25) is 17.7 Å². The Morgan fingerprint density at radius 1 is 0.833 bits per heavy atom. The fraction of sp³-hybridized carbons (Fsp3) is 0.257. The van der Waals surface area contributed by atoms with E-state index in [0.29, 0.717) is 22.6 Å². The third-order valence-electron chi connectivity index (χ3n) is 8.19. The number of nitrogens with zero attached hydrogens (tertiary/aromatic N) is 3.